The number of nitrogens with one attached hydrogen (secondary N) is 1. The zero-order valence-corrected chi connectivity index (χ0v) is 18.2. The number of carbonyl (C=O) groups is 2. The van der Waals surface area contributed by atoms with Crippen LogP contribution >= 0.6 is 11.3 Å². The Bertz CT molecular complexity index is 1090. The topological polar surface area (TPSA) is 86.4 Å². The first-order chi connectivity index (χ1) is 14.5. The number of rotatable bonds is 6. The molecule has 0 spiro atoms. The minimum absolute atomic E-state index is 0.202. The highest BCUT2D eigenvalue weighted by Gasteiger charge is 2.28. The van der Waals surface area contributed by atoms with Crippen LogP contribution in [-0.2, 0) is 24.1 Å². The number of hydrogen-bond donors (Lipinski definition) is 1. The number of nitrogens with zero attached hydrogens (tertiary/aromatic N) is 2. The Balaban J connectivity index is 1.54. The second-order valence-corrected chi connectivity index (χ2v) is 8.55. The summed E-state index contributed by atoms with van der Waals surface area (Å²) in [6, 6.07) is 5.41. The summed E-state index contributed by atoms with van der Waals surface area (Å²) in [5.74, 6) is 0.0887. The van der Waals surface area contributed by atoms with E-state index in [2.05, 4.69) is 10.4 Å². The molecule has 0 atom stereocenters. The van der Waals surface area contributed by atoms with Crippen LogP contribution in [0.1, 0.15) is 68.3 Å². The summed E-state index contributed by atoms with van der Waals surface area (Å²) in [5.41, 5.74) is 3.48. The van der Waals surface area contributed by atoms with Gasteiger partial charge in [-0.15, -0.1) is 11.3 Å². The van der Waals surface area contributed by atoms with Gasteiger partial charge in [-0.1, -0.05) is 0 Å². The molecule has 30 heavy (non-hydrogen) atoms. The molecular weight excluding hydrogens is 402 g/mol. The number of furan rings is 1. The molecule has 0 aliphatic heterocycles. The first-order valence-corrected chi connectivity index (χ1v) is 11.0. The van der Waals surface area contributed by atoms with Crippen molar-refractivity contribution in [1.29, 1.82) is 0 Å². The van der Waals surface area contributed by atoms with E-state index in [-0.39, 0.29) is 17.6 Å². The Hall–Kier alpha value is -2.87. The molecule has 0 saturated carbocycles. The number of esters is 1. The molecule has 1 aliphatic carbocycles. The first-order valence-electron chi connectivity index (χ1n) is 10.2. The summed E-state index contributed by atoms with van der Waals surface area (Å²) in [7, 11) is 0. The second kappa shape index (κ2) is 8.47. The monoisotopic (exact) mass is 427 g/mol. The van der Waals surface area contributed by atoms with Crippen LogP contribution < -0.4 is 5.32 Å². The largest absolute Gasteiger partial charge is 0.462 e. The Labute approximate surface area is 179 Å². The van der Waals surface area contributed by atoms with Gasteiger partial charge in [-0.3, -0.25) is 9.48 Å². The van der Waals surface area contributed by atoms with Gasteiger partial charge in [0.25, 0.3) is 5.91 Å². The van der Waals surface area contributed by atoms with Gasteiger partial charge in [-0.2, -0.15) is 5.10 Å². The summed E-state index contributed by atoms with van der Waals surface area (Å²) in [5, 5.41) is 7.84. The van der Waals surface area contributed by atoms with Gasteiger partial charge < -0.3 is 14.5 Å². The molecule has 0 radical (unpaired) electrons. The highest BCUT2D eigenvalue weighted by molar-refractivity contribution is 7.17. The number of aryl methyl sites for hydroxylation is 3. The molecule has 3 aromatic rings. The summed E-state index contributed by atoms with van der Waals surface area (Å²) in [4.78, 5) is 26.5. The average molecular weight is 428 g/mol. The highest BCUT2D eigenvalue weighted by Crippen LogP contribution is 2.38. The lowest BCUT2D eigenvalue weighted by Gasteiger charge is -2.12. The molecule has 3 heterocycles. The van der Waals surface area contributed by atoms with Crippen molar-refractivity contribution in [3.63, 3.8) is 0 Å². The van der Waals surface area contributed by atoms with Crippen LogP contribution in [0.2, 0.25) is 0 Å². The van der Waals surface area contributed by atoms with E-state index in [1.807, 2.05) is 24.6 Å². The maximum atomic E-state index is 12.8. The van der Waals surface area contributed by atoms with Crippen molar-refractivity contribution >= 4 is 28.2 Å². The summed E-state index contributed by atoms with van der Waals surface area (Å²) in [6.07, 6.45) is 3.90. The lowest BCUT2D eigenvalue weighted by atomic mass is 9.95. The Morgan fingerprint density at radius 2 is 2.07 bits per heavy atom. The lowest BCUT2D eigenvalue weighted by molar-refractivity contribution is 0.0526. The van der Waals surface area contributed by atoms with Crippen molar-refractivity contribution in [2.45, 2.75) is 53.0 Å². The van der Waals surface area contributed by atoms with Crippen molar-refractivity contribution in [3.05, 3.63) is 57.1 Å². The quantitative estimate of drug-likeness (QED) is 0.585. The highest BCUT2D eigenvalue weighted by atomic mass is 32.1. The van der Waals surface area contributed by atoms with Gasteiger partial charge in [0.2, 0.25) is 0 Å². The predicted molar refractivity (Wildman–Crippen MR) is 114 cm³/mol. The number of amides is 1. The molecule has 1 amide bonds. The number of hydrogen-bond acceptors (Lipinski definition) is 6. The van der Waals surface area contributed by atoms with E-state index in [0.717, 1.165) is 47.5 Å². The molecule has 158 valence electrons. The summed E-state index contributed by atoms with van der Waals surface area (Å²) < 4.78 is 12.8. The molecule has 8 heteroatoms. The van der Waals surface area contributed by atoms with E-state index in [0.29, 0.717) is 29.5 Å². The number of thiophene rings is 1. The molecule has 3 aromatic heterocycles. The van der Waals surface area contributed by atoms with Gasteiger partial charge in [0, 0.05) is 10.6 Å². The second-order valence-electron chi connectivity index (χ2n) is 7.44. The van der Waals surface area contributed by atoms with E-state index in [1.165, 1.54) is 11.3 Å². The predicted octanol–water partition coefficient (Wildman–Crippen LogP) is 4.51. The van der Waals surface area contributed by atoms with Crippen molar-refractivity contribution in [2.75, 3.05) is 11.9 Å². The van der Waals surface area contributed by atoms with Crippen LogP contribution in [0.5, 0.6) is 0 Å². The fraction of sp³-hybridized carbons (Fsp3) is 0.409. The molecular formula is C22H25N3O4S. The van der Waals surface area contributed by atoms with Crippen LogP contribution in [-0.4, -0.2) is 28.3 Å². The standard InChI is InChI=1S/C22H25N3O4S/c1-4-28-22(27)19-16-7-5-6-8-18(16)30-21(19)23-20(26)17-10-9-15(29-17)12-25-14(3)11-13(2)24-25/h9-11H,4-8,12H2,1-3H3,(H,23,26). The Morgan fingerprint density at radius 3 is 2.80 bits per heavy atom. The normalized spacial score (nSPS) is 13.2. The van der Waals surface area contributed by atoms with Crippen LogP contribution in [0.25, 0.3) is 0 Å². The van der Waals surface area contributed by atoms with E-state index < -0.39 is 0 Å². The zero-order valence-electron chi connectivity index (χ0n) is 17.4. The Morgan fingerprint density at radius 1 is 1.27 bits per heavy atom. The van der Waals surface area contributed by atoms with E-state index >= 15 is 0 Å². The van der Waals surface area contributed by atoms with E-state index in [4.69, 9.17) is 9.15 Å². The minimum Gasteiger partial charge on any atom is -0.462 e. The lowest BCUT2D eigenvalue weighted by Crippen LogP contribution is -2.15. The third-order valence-electron chi connectivity index (χ3n) is 5.17. The van der Waals surface area contributed by atoms with Crippen molar-refractivity contribution in [1.82, 2.24) is 9.78 Å². The fourth-order valence-corrected chi connectivity index (χ4v) is 5.08. The van der Waals surface area contributed by atoms with Crippen LogP contribution in [0.3, 0.4) is 0 Å². The molecule has 4 rings (SSSR count). The molecule has 1 aliphatic rings. The van der Waals surface area contributed by atoms with Gasteiger partial charge in [0.15, 0.2) is 5.76 Å². The number of ether oxygens (including phenoxy) is 1. The molecule has 7 nitrogen and oxygen atoms in total. The molecule has 0 fully saturated rings. The number of fused-ring (bicyclic) bond motifs is 1. The van der Waals surface area contributed by atoms with Gasteiger partial charge in [0.05, 0.1) is 24.4 Å². The fourth-order valence-electron chi connectivity index (χ4n) is 3.81. The van der Waals surface area contributed by atoms with E-state index in [1.54, 1.807) is 19.1 Å². The Kier molecular flexibility index (Phi) is 5.76. The summed E-state index contributed by atoms with van der Waals surface area (Å²) >= 11 is 1.46. The average Bonchev–Trinajstić information content (AvgIpc) is 3.39. The van der Waals surface area contributed by atoms with Gasteiger partial charge in [0.1, 0.15) is 10.8 Å². The van der Waals surface area contributed by atoms with Crippen molar-refractivity contribution in [2.24, 2.45) is 0 Å². The zero-order chi connectivity index (χ0) is 21.3. The van der Waals surface area contributed by atoms with Crippen molar-refractivity contribution in [3.8, 4) is 0 Å². The molecule has 0 bridgehead atoms. The SMILES string of the molecule is CCOC(=O)c1c(NC(=O)c2ccc(Cn3nc(C)cc3C)o2)sc2c1CCCC2. The van der Waals surface area contributed by atoms with Crippen LogP contribution in [0, 0.1) is 13.8 Å². The summed E-state index contributed by atoms with van der Waals surface area (Å²) in [6.45, 7) is 6.44. The van der Waals surface area contributed by atoms with Crippen LogP contribution in [0.4, 0.5) is 5.00 Å². The van der Waals surface area contributed by atoms with Gasteiger partial charge in [-0.05, 0) is 70.2 Å². The number of anilines is 1. The minimum atomic E-state index is -0.378. The maximum absolute atomic E-state index is 12.8. The molecule has 0 aromatic carbocycles. The maximum Gasteiger partial charge on any atom is 0.341 e. The first kappa shape index (κ1) is 20.4. The third-order valence-corrected chi connectivity index (χ3v) is 6.38. The smallest absolute Gasteiger partial charge is 0.341 e. The number of carbonyl (C=O) groups excluding carboxylic acids is 2. The molecule has 0 unspecified atom stereocenters. The third kappa shape index (κ3) is 4.05. The van der Waals surface area contributed by atoms with E-state index in [9.17, 15) is 9.59 Å². The van der Waals surface area contributed by atoms with Gasteiger partial charge in [-0.25, -0.2) is 4.79 Å². The van der Waals surface area contributed by atoms with Gasteiger partial charge >= 0.3 is 5.97 Å². The molecule has 0 saturated heterocycles. The van der Waals surface area contributed by atoms with Crippen molar-refractivity contribution < 1.29 is 18.7 Å². The number of aromatic nitrogens is 2. The molecule has 1 N–H and O–H groups in total. The van der Waals surface area contributed by atoms with Crippen LogP contribution in [0.15, 0.2) is 22.6 Å².